The summed E-state index contributed by atoms with van der Waals surface area (Å²) in [6.45, 7) is 10.0. The Morgan fingerprint density at radius 2 is 1.67 bits per heavy atom. The zero-order chi connectivity index (χ0) is 24.0. The second-order valence-corrected chi connectivity index (χ2v) is 8.65. The number of fused-ring (bicyclic) bond motifs is 3. The Labute approximate surface area is 194 Å². The van der Waals surface area contributed by atoms with E-state index in [9.17, 15) is 9.90 Å². The molecule has 174 valence electrons. The second kappa shape index (κ2) is 8.50. The Hall–Kier alpha value is -3.41. The van der Waals surface area contributed by atoms with E-state index < -0.39 is 0 Å². The molecular formula is C27H31NO5. The summed E-state index contributed by atoms with van der Waals surface area (Å²) in [6, 6.07) is 7.94. The molecule has 2 heterocycles. The number of methoxy groups -OCH3 is 2. The first-order chi connectivity index (χ1) is 15.7. The highest BCUT2D eigenvalue weighted by Gasteiger charge is 2.35. The molecule has 0 saturated carbocycles. The summed E-state index contributed by atoms with van der Waals surface area (Å²) >= 11 is 0. The van der Waals surface area contributed by atoms with E-state index in [2.05, 4.69) is 11.5 Å². The zero-order valence-corrected chi connectivity index (χ0v) is 20.3. The van der Waals surface area contributed by atoms with Gasteiger partial charge in [0, 0.05) is 22.9 Å². The van der Waals surface area contributed by atoms with Gasteiger partial charge in [0.05, 0.1) is 32.1 Å². The van der Waals surface area contributed by atoms with Gasteiger partial charge in [-0.25, -0.2) is 4.79 Å². The second-order valence-electron chi connectivity index (χ2n) is 8.65. The number of carbonyl (C=O) groups excluding carboxylic acids is 1. The molecule has 0 bridgehead atoms. The van der Waals surface area contributed by atoms with Crippen molar-refractivity contribution in [1.82, 2.24) is 4.57 Å². The standard InChI is InChI=1S/C27H31NO5/c1-8-33-27(30)24-23(19-9-14(2)26(29)15(3)10-19)17(5)28-16(4)11-18-12-21(31-6)22(32-7)13-20(18)25(24)28/h9-10,12-13,16,29H,8,11H2,1-7H3. The average Bonchev–Trinajstić information content (AvgIpc) is 3.10. The molecule has 33 heavy (non-hydrogen) atoms. The van der Waals surface area contributed by atoms with Gasteiger partial charge in [-0.2, -0.15) is 0 Å². The molecule has 1 N–H and O–H groups in total. The summed E-state index contributed by atoms with van der Waals surface area (Å²) in [7, 11) is 3.24. The van der Waals surface area contributed by atoms with E-state index >= 15 is 0 Å². The molecule has 0 radical (unpaired) electrons. The summed E-state index contributed by atoms with van der Waals surface area (Å²) < 4.78 is 18.9. The van der Waals surface area contributed by atoms with Gasteiger partial charge >= 0.3 is 5.97 Å². The Kier molecular flexibility index (Phi) is 5.87. The Bertz CT molecular complexity index is 1230. The SMILES string of the molecule is CCOC(=O)c1c(-c2cc(C)c(O)c(C)c2)c(C)n2c1-c1cc(OC)c(OC)cc1CC2C. The third kappa shape index (κ3) is 3.54. The van der Waals surface area contributed by atoms with Crippen LogP contribution in [0.25, 0.3) is 22.4 Å². The molecule has 3 aromatic rings. The van der Waals surface area contributed by atoms with Gasteiger partial charge in [-0.1, -0.05) is 0 Å². The molecule has 0 aliphatic carbocycles. The first-order valence-electron chi connectivity index (χ1n) is 11.2. The smallest absolute Gasteiger partial charge is 0.340 e. The average molecular weight is 450 g/mol. The van der Waals surface area contributed by atoms with Gasteiger partial charge in [-0.15, -0.1) is 0 Å². The molecule has 1 aliphatic heterocycles. The fourth-order valence-electron chi connectivity index (χ4n) is 5.10. The van der Waals surface area contributed by atoms with Gasteiger partial charge in [0.25, 0.3) is 0 Å². The number of carbonyl (C=O) groups is 1. The zero-order valence-electron chi connectivity index (χ0n) is 20.3. The van der Waals surface area contributed by atoms with Crippen LogP contribution in [-0.4, -0.2) is 36.5 Å². The maximum Gasteiger partial charge on any atom is 0.340 e. The highest BCUT2D eigenvalue weighted by molar-refractivity contribution is 6.05. The van der Waals surface area contributed by atoms with Crippen LogP contribution < -0.4 is 9.47 Å². The van der Waals surface area contributed by atoms with Crippen molar-refractivity contribution in [2.45, 2.75) is 47.1 Å². The van der Waals surface area contributed by atoms with Crippen LogP contribution in [0.15, 0.2) is 24.3 Å². The van der Waals surface area contributed by atoms with Crippen LogP contribution in [0, 0.1) is 20.8 Å². The maximum atomic E-state index is 13.4. The predicted molar refractivity (Wildman–Crippen MR) is 129 cm³/mol. The van der Waals surface area contributed by atoms with Gasteiger partial charge in [0.2, 0.25) is 0 Å². The number of hydrogen-bond acceptors (Lipinski definition) is 5. The quantitative estimate of drug-likeness (QED) is 0.501. The molecular weight excluding hydrogens is 418 g/mol. The van der Waals surface area contributed by atoms with Crippen LogP contribution in [0.4, 0.5) is 0 Å². The van der Waals surface area contributed by atoms with Crippen molar-refractivity contribution in [3.63, 3.8) is 0 Å². The number of phenolic OH excluding ortho intramolecular Hbond substituents is 1. The summed E-state index contributed by atoms with van der Waals surface area (Å²) in [5.74, 6) is 1.20. The van der Waals surface area contributed by atoms with E-state index in [-0.39, 0.29) is 24.4 Å². The van der Waals surface area contributed by atoms with Crippen LogP contribution in [0.1, 0.15) is 52.6 Å². The lowest BCUT2D eigenvalue weighted by Crippen LogP contribution is -2.18. The summed E-state index contributed by atoms with van der Waals surface area (Å²) in [6.07, 6.45) is 0.799. The lowest BCUT2D eigenvalue weighted by atomic mass is 9.90. The molecule has 6 nitrogen and oxygen atoms in total. The van der Waals surface area contributed by atoms with E-state index in [4.69, 9.17) is 14.2 Å². The lowest BCUT2D eigenvalue weighted by molar-refractivity contribution is 0.0528. The number of phenols is 1. The lowest BCUT2D eigenvalue weighted by Gasteiger charge is -2.28. The third-order valence-electron chi connectivity index (χ3n) is 6.53. The largest absolute Gasteiger partial charge is 0.507 e. The predicted octanol–water partition coefficient (Wildman–Crippen LogP) is 5.76. The first kappa shape index (κ1) is 22.8. The van der Waals surface area contributed by atoms with Crippen molar-refractivity contribution in [1.29, 1.82) is 0 Å². The number of ether oxygens (including phenoxy) is 3. The Balaban J connectivity index is 2.10. The number of aromatic nitrogens is 1. The van der Waals surface area contributed by atoms with Crippen molar-refractivity contribution < 1.29 is 24.1 Å². The molecule has 2 aromatic carbocycles. The number of hydrogen-bond donors (Lipinski definition) is 1. The monoisotopic (exact) mass is 449 g/mol. The molecule has 0 amide bonds. The third-order valence-corrected chi connectivity index (χ3v) is 6.53. The Morgan fingerprint density at radius 1 is 1.06 bits per heavy atom. The van der Waals surface area contributed by atoms with E-state index in [1.54, 1.807) is 14.2 Å². The molecule has 4 rings (SSSR count). The van der Waals surface area contributed by atoms with Gasteiger partial charge in [-0.3, -0.25) is 0 Å². The van der Waals surface area contributed by atoms with Crippen molar-refractivity contribution in [3.8, 4) is 39.6 Å². The molecule has 6 heteroatoms. The molecule has 0 fully saturated rings. The molecule has 1 aromatic heterocycles. The van der Waals surface area contributed by atoms with E-state index in [0.717, 1.165) is 51.2 Å². The fourth-order valence-corrected chi connectivity index (χ4v) is 5.10. The van der Waals surface area contributed by atoms with E-state index in [1.165, 1.54) is 0 Å². The summed E-state index contributed by atoms with van der Waals surface area (Å²) in [4.78, 5) is 13.4. The van der Waals surface area contributed by atoms with E-state index in [0.29, 0.717) is 17.1 Å². The molecule has 1 unspecified atom stereocenters. The van der Waals surface area contributed by atoms with Crippen LogP contribution in [-0.2, 0) is 11.2 Å². The van der Waals surface area contributed by atoms with Crippen molar-refractivity contribution in [3.05, 3.63) is 52.2 Å². The van der Waals surface area contributed by atoms with Crippen molar-refractivity contribution in [2.24, 2.45) is 0 Å². The maximum absolute atomic E-state index is 13.4. The number of nitrogens with zero attached hydrogens (tertiary/aromatic N) is 1. The minimum atomic E-state index is -0.359. The van der Waals surface area contributed by atoms with Crippen LogP contribution in [0.5, 0.6) is 17.2 Å². The summed E-state index contributed by atoms with van der Waals surface area (Å²) in [5, 5.41) is 10.3. The van der Waals surface area contributed by atoms with Crippen molar-refractivity contribution in [2.75, 3.05) is 20.8 Å². The highest BCUT2D eigenvalue weighted by Crippen LogP contribution is 2.48. The molecule has 0 spiro atoms. The van der Waals surface area contributed by atoms with Crippen LogP contribution >= 0.6 is 0 Å². The number of aromatic hydroxyl groups is 1. The number of aryl methyl sites for hydroxylation is 2. The van der Waals surface area contributed by atoms with Gasteiger partial charge in [0.15, 0.2) is 11.5 Å². The Morgan fingerprint density at radius 3 is 2.24 bits per heavy atom. The molecule has 1 atom stereocenters. The van der Waals surface area contributed by atoms with Gasteiger partial charge in [-0.05, 0) is 87.6 Å². The number of benzene rings is 2. The van der Waals surface area contributed by atoms with Gasteiger partial charge < -0.3 is 23.9 Å². The van der Waals surface area contributed by atoms with Crippen LogP contribution in [0.3, 0.4) is 0 Å². The number of esters is 1. The minimum Gasteiger partial charge on any atom is -0.507 e. The normalized spacial score (nSPS) is 14.5. The van der Waals surface area contributed by atoms with Gasteiger partial charge in [0.1, 0.15) is 5.75 Å². The highest BCUT2D eigenvalue weighted by atomic mass is 16.5. The minimum absolute atomic E-state index is 0.131. The van der Waals surface area contributed by atoms with Crippen LogP contribution in [0.2, 0.25) is 0 Å². The number of rotatable bonds is 5. The summed E-state index contributed by atoms with van der Waals surface area (Å²) in [5.41, 5.74) is 7.66. The van der Waals surface area contributed by atoms with E-state index in [1.807, 2.05) is 52.0 Å². The molecule has 1 aliphatic rings. The topological polar surface area (TPSA) is 69.9 Å². The molecule has 0 saturated heterocycles. The first-order valence-corrected chi connectivity index (χ1v) is 11.2. The van der Waals surface area contributed by atoms with Crippen molar-refractivity contribution >= 4 is 5.97 Å². The fraction of sp³-hybridized carbons (Fsp3) is 0.370.